The molecule has 1 fully saturated rings. The smallest absolute Gasteiger partial charge is 0.303 e. The van der Waals surface area contributed by atoms with Crippen LogP contribution < -0.4 is 5.32 Å². The monoisotopic (exact) mass is 241 g/mol. The van der Waals surface area contributed by atoms with Crippen molar-refractivity contribution in [3.8, 4) is 0 Å². The van der Waals surface area contributed by atoms with Gasteiger partial charge in [-0.05, 0) is 38.0 Å². The van der Waals surface area contributed by atoms with Gasteiger partial charge in [0, 0.05) is 12.0 Å². The molecule has 1 amide bonds. The van der Waals surface area contributed by atoms with Crippen LogP contribution in [0.25, 0.3) is 0 Å². The zero-order valence-electron chi connectivity index (χ0n) is 11.2. The highest BCUT2D eigenvalue weighted by atomic mass is 16.4. The molecule has 0 atom stereocenters. The molecule has 0 aromatic heterocycles. The number of rotatable bonds is 6. The van der Waals surface area contributed by atoms with Gasteiger partial charge in [-0.2, -0.15) is 0 Å². The average molecular weight is 241 g/mol. The molecular formula is C13H23NO3. The maximum absolute atomic E-state index is 11.9. The minimum Gasteiger partial charge on any atom is -0.481 e. The Morgan fingerprint density at radius 2 is 1.71 bits per heavy atom. The number of carbonyl (C=O) groups is 2. The summed E-state index contributed by atoms with van der Waals surface area (Å²) in [5.74, 6) is -0.327. The second-order valence-electron chi connectivity index (χ2n) is 6.46. The molecule has 0 unspecified atom stereocenters. The highest BCUT2D eigenvalue weighted by molar-refractivity contribution is 5.78. The van der Waals surface area contributed by atoms with Crippen LogP contribution in [-0.2, 0) is 9.59 Å². The van der Waals surface area contributed by atoms with Crippen molar-refractivity contribution in [2.75, 3.05) is 0 Å². The summed E-state index contributed by atoms with van der Waals surface area (Å²) < 4.78 is 0. The number of hydrogen-bond donors (Lipinski definition) is 2. The van der Waals surface area contributed by atoms with Crippen LogP contribution in [0.4, 0.5) is 0 Å². The Morgan fingerprint density at radius 3 is 2.12 bits per heavy atom. The number of carboxylic acids is 1. The minimum atomic E-state index is -0.857. The van der Waals surface area contributed by atoms with Crippen LogP contribution >= 0.6 is 0 Å². The van der Waals surface area contributed by atoms with E-state index < -0.39 is 11.4 Å². The summed E-state index contributed by atoms with van der Waals surface area (Å²) in [6, 6.07) is 0. The first-order chi connectivity index (χ1) is 7.62. The predicted molar refractivity (Wildman–Crippen MR) is 65.6 cm³/mol. The summed E-state index contributed by atoms with van der Waals surface area (Å²) in [5.41, 5.74) is -0.647. The third kappa shape index (κ3) is 4.75. The summed E-state index contributed by atoms with van der Waals surface area (Å²) in [5, 5.41) is 11.8. The highest BCUT2D eigenvalue weighted by Crippen LogP contribution is 2.39. The van der Waals surface area contributed by atoms with Crippen LogP contribution in [0, 0.1) is 11.3 Å². The lowest BCUT2D eigenvalue weighted by Gasteiger charge is -2.29. The zero-order chi connectivity index (χ0) is 13.3. The SMILES string of the molecule is CC(C)(CC(=O)O)CC(=O)NC(C)(C)C1CC1. The molecule has 1 aliphatic carbocycles. The van der Waals surface area contributed by atoms with Crippen LogP contribution in [0.5, 0.6) is 0 Å². The number of carbonyl (C=O) groups excluding carboxylic acids is 1. The number of amides is 1. The van der Waals surface area contributed by atoms with E-state index >= 15 is 0 Å². The van der Waals surface area contributed by atoms with E-state index in [2.05, 4.69) is 5.32 Å². The normalized spacial score (nSPS) is 16.7. The average Bonchev–Trinajstić information content (AvgIpc) is 2.77. The first-order valence-corrected chi connectivity index (χ1v) is 6.15. The Morgan fingerprint density at radius 1 is 1.18 bits per heavy atom. The Kier molecular flexibility index (Phi) is 3.84. The zero-order valence-corrected chi connectivity index (χ0v) is 11.2. The molecule has 2 N–H and O–H groups in total. The van der Waals surface area contributed by atoms with Crippen LogP contribution in [-0.4, -0.2) is 22.5 Å². The molecule has 0 aromatic carbocycles. The van der Waals surface area contributed by atoms with Crippen molar-refractivity contribution in [2.45, 2.75) is 58.9 Å². The molecule has 0 aromatic rings. The number of hydrogen-bond acceptors (Lipinski definition) is 2. The van der Waals surface area contributed by atoms with Gasteiger partial charge in [0.05, 0.1) is 6.42 Å². The lowest BCUT2D eigenvalue weighted by molar-refractivity contribution is -0.139. The Bertz CT molecular complexity index is 317. The van der Waals surface area contributed by atoms with Gasteiger partial charge >= 0.3 is 5.97 Å². The molecule has 0 saturated heterocycles. The van der Waals surface area contributed by atoms with E-state index in [1.165, 1.54) is 12.8 Å². The standard InChI is InChI=1S/C13H23NO3/c1-12(2,8-11(16)17)7-10(15)14-13(3,4)9-5-6-9/h9H,5-8H2,1-4H3,(H,14,15)(H,16,17). The Hall–Kier alpha value is -1.06. The van der Waals surface area contributed by atoms with E-state index in [-0.39, 0.29) is 24.3 Å². The second-order valence-corrected chi connectivity index (χ2v) is 6.46. The summed E-state index contributed by atoms with van der Waals surface area (Å²) in [4.78, 5) is 22.6. The summed E-state index contributed by atoms with van der Waals surface area (Å²) in [6.07, 6.45) is 2.62. The second kappa shape index (κ2) is 4.67. The van der Waals surface area contributed by atoms with Gasteiger partial charge in [0.15, 0.2) is 0 Å². The van der Waals surface area contributed by atoms with Crippen molar-refractivity contribution in [3.05, 3.63) is 0 Å². The van der Waals surface area contributed by atoms with E-state index in [1.807, 2.05) is 27.7 Å². The Labute approximate surface area is 103 Å². The van der Waals surface area contributed by atoms with Gasteiger partial charge in [0.1, 0.15) is 0 Å². The van der Waals surface area contributed by atoms with Gasteiger partial charge in [-0.15, -0.1) is 0 Å². The molecule has 0 aliphatic heterocycles. The lowest BCUT2D eigenvalue weighted by atomic mass is 9.85. The maximum Gasteiger partial charge on any atom is 0.303 e. The first-order valence-electron chi connectivity index (χ1n) is 6.15. The molecule has 98 valence electrons. The summed E-state index contributed by atoms with van der Waals surface area (Å²) >= 11 is 0. The molecule has 1 rings (SSSR count). The first kappa shape index (κ1) is 14.0. The van der Waals surface area contributed by atoms with E-state index in [1.54, 1.807) is 0 Å². The van der Waals surface area contributed by atoms with Crippen molar-refractivity contribution >= 4 is 11.9 Å². The van der Waals surface area contributed by atoms with Crippen molar-refractivity contribution in [2.24, 2.45) is 11.3 Å². The third-order valence-corrected chi connectivity index (χ3v) is 3.33. The van der Waals surface area contributed by atoms with E-state index in [0.717, 1.165) is 0 Å². The summed E-state index contributed by atoms with van der Waals surface area (Å²) in [7, 11) is 0. The predicted octanol–water partition coefficient (Wildman–Crippen LogP) is 2.18. The van der Waals surface area contributed by atoms with E-state index in [0.29, 0.717) is 5.92 Å². The van der Waals surface area contributed by atoms with Gasteiger partial charge in [-0.1, -0.05) is 13.8 Å². The van der Waals surface area contributed by atoms with Crippen molar-refractivity contribution in [3.63, 3.8) is 0 Å². The molecule has 4 nitrogen and oxygen atoms in total. The maximum atomic E-state index is 11.9. The fraction of sp³-hybridized carbons (Fsp3) is 0.846. The molecule has 0 spiro atoms. The van der Waals surface area contributed by atoms with Crippen LogP contribution in [0.3, 0.4) is 0 Å². The van der Waals surface area contributed by atoms with Crippen molar-refractivity contribution in [1.82, 2.24) is 5.32 Å². The molecule has 1 aliphatic rings. The van der Waals surface area contributed by atoms with Gasteiger partial charge in [-0.3, -0.25) is 9.59 Å². The molecule has 4 heteroatoms. The largest absolute Gasteiger partial charge is 0.481 e. The van der Waals surface area contributed by atoms with Crippen molar-refractivity contribution in [1.29, 1.82) is 0 Å². The fourth-order valence-corrected chi connectivity index (χ4v) is 2.22. The number of nitrogens with one attached hydrogen (secondary N) is 1. The van der Waals surface area contributed by atoms with Gasteiger partial charge in [0.2, 0.25) is 5.91 Å². The number of carboxylic acid groups (broad SMARTS) is 1. The molecular weight excluding hydrogens is 218 g/mol. The molecule has 17 heavy (non-hydrogen) atoms. The lowest BCUT2D eigenvalue weighted by Crippen LogP contribution is -2.46. The van der Waals surface area contributed by atoms with E-state index in [9.17, 15) is 9.59 Å². The molecule has 0 heterocycles. The Balaban J connectivity index is 2.45. The topological polar surface area (TPSA) is 66.4 Å². The molecule has 0 radical (unpaired) electrons. The summed E-state index contributed by atoms with van der Waals surface area (Å²) in [6.45, 7) is 7.69. The molecule has 1 saturated carbocycles. The van der Waals surface area contributed by atoms with Crippen LogP contribution in [0.2, 0.25) is 0 Å². The van der Waals surface area contributed by atoms with Gasteiger partial charge in [-0.25, -0.2) is 0 Å². The molecule has 0 bridgehead atoms. The van der Waals surface area contributed by atoms with Crippen molar-refractivity contribution < 1.29 is 14.7 Å². The van der Waals surface area contributed by atoms with Gasteiger partial charge < -0.3 is 10.4 Å². The minimum absolute atomic E-state index is 0.0181. The highest BCUT2D eigenvalue weighted by Gasteiger charge is 2.39. The van der Waals surface area contributed by atoms with Gasteiger partial charge in [0.25, 0.3) is 0 Å². The van der Waals surface area contributed by atoms with E-state index in [4.69, 9.17) is 5.11 Å². The quantitative estimate of drug-likeness (QED) is 0.749. The fourth-order valence-electron chi connectivity index (χ4n) is 2.22. The van der Waals surface area contributed by atoms with Crippen LogP contribution in [0.15, 0.2) is 0 Å². The third-order valence-electron chi connectivity index (χ3n) is 3.33. The number of aliphatic carboxylic acids is 1. The van der Waals surface area contributed by atoms with Crippen LogP contribution in [0.1, 0.15) is 53.4 Å².